The maximum atomic E-state index is 11.9. The predicted molar refractivity (Wildman–Crippen MR) is 134 cm³/mol. The standard InChI is InChI=1S/C23H30N4O3.HI/c1-27(2)22(28)16-26-23(24-13-12-17-8-10-19(29-3)11-9-17)25-15-20-14-18-6-4-5-7-21(18)30-20;/h4-11,20H,12-16H2,1-3H3,(H2,24,25,26);1H. The van der Waals surface area contributed by atoms with Gasteiger partial charge < -0.3 is 25.0 Å². The summed E-state index contributed by atoms with van der Waals surface area (Å²) in [5.74, 6) is 2.35. The molecule has 3 rings (SSSR count). The number of ether oxygens (including phenoxy) is 2. The van der Waals surface area contributed by atoms with E-state index >= 15 is 0 Å². The Hall–Kier alpha value is -2.49. The molecule has 1 aliphatic heterocycles. The topological polar surface area (TPSA) is 75.2 Å². The number of para-hydroxylation sites is 1. The van der Waals surface area contributed by atoms with Crippen LogP contribution in [0.15, 0.2) is 53.5 Å². The van der Waals surface area contributed by atoms with E-state index in [0.717, 1.165) is 24.3 Å². The van der Waals surface area contributed by atoms with E-state index in [0.29, 0.717) is 19.0 Å². The third kappa shape index (κ3) is 7.61. The van der Waals surface area contributed by atoms with Gasteiger partial charge >= 0.3 is 0 Å². The Balaban J connectivity index is 0.00000341. The van der Waals surface area contributed by atoms with Crippen LogP contribution in [-0.4, -0.2) is 63.7 Å². The van der Waals surface area contributed by atoms with Gasteiger partial charge in [0, 0.05) is 27.1 Å². The molecule has 1 unspecified atom stereocenters. The Morgan fingerprint density at radius 1 is 1.16 bits per heavy atom. The number of nitrogens with zero attached hydrogens (tertiary/aromatic N) is 2. The van der Waals surface area contributed by atoms with Gasteiger partial charge in [0.25, 0.3) is 0 Å². The first-order valence-corrected chi connectivity index (χ1v) is 10.1. The second-order valence-electron chi connectivity index (χ2n) is 7.41. The van der Waals surface area contributed by atoms with E-state index in [4.69, 9.17) is 9.47 Å². The number of hydrogen-bond donors (Lipinski definition) is 2. The summed E-state index contributed by atoms with van der Waals surface area (Å²) >= 11 is 0. The molecule has 168 valence electrons. The van der Waals surface area contributed by atoms with E-state index in [-0.39, 0.29) is 42.5 Å². The van der Waals surface area contributed by atoms with Crippen molar-refractivity contribution in [1.29, 1.82) is 0 Å². The highest BCUT2D eigenvalue weighted by atomic mass is 127. The fourth-order valence-electron chi connectivity index (χ4n) is 3.16. The minimum atomic E-state index is -0.0456. The van der Waals surface area contributed by atoms with Crippen LogP contribution >= 0.6 is 24.0 Å². The first-order chi connectivity index (χ1) is 14.5. The lowest BCUT2D eigenvalue weighted by molar-refractivity contribution is -0.127. The van der Waals surface area contributed by atoms with E-state index in [9.17, 15) is 4.79 Å². The lowest BCUT2D eigenvalue weighted by Gasteiger charge is -2.17. The summed E-state index contributed by atoms with van der Waals surface area (Å²) in [7, 11) is 5.11. The molecule has 7 nitrogen and oxygen atoms in total. The van der Waals surface area contributed by atoms with Crippen molar-refractivity contribution in [3.8, 4) is 11.5 Å². The first-order valence-electron chi connectivity index (χ1n) is 10.1. The lowest BCUT2D eigenvalue weighted by atomic mass is 10.1. The smallest absolute Gasteiger partial charge is 0.243 e. The highest BCUT2D eigenvalue weighted by Gasteiger charge is 2.22. The monoisotopic (exact) mass is 538 g/mol. The second kappa shape index (κ2) is 12.4. The zero-order valence-electron chi connectivity index (χ0n) is 18.3. The molecule has 0 aliphatic carbocycles. The average molecular weight is 538 g/mol. The van der Waals surface area contributed by atoms with E-state index in [1.165, 1.54) is 16.0 Å². The van der Waals surface area contributed by atoms with E-state index in [1.54, 1.807) is 21.2 Å². The molecule has 0 radical (unpaired) electrons. The van der Waals surface area contributed by atoms with Crippen LogP contribution in [0.4, 0.5) is 0 Å². The van der Waals surface area contributed by atoms with Crippen LogP contribution < -0.4 is 20.1 Å². The summed E-state index contributed by atoms with van der Waals surface area (Å²) in [6.45, 7) is 1.40. The molecule has 1 atom stereocenters. The van der Waals surface area contributed by atoms with E-state index in [2.05, 4.69) is 21.7 Å². The van der Waals surface area contributed by atoms with Gasteiger partial charge in [0.05, 0.1) is 13.7 Å². The number of methoxy groups -OCH3 is 1. The summed E-state index contributed by atoms with van der Waals surface area (Å²) in [6.07, 6.45) is 1.73. The predicted octanol–water partition coefficient (Wildman–Crippen LogP) is 2.48. The minimum absolute atomic E-state index is 0. The van der Waals surface area contributed by atoms with Gasteiger partial charge in [-0.1, -0.05) is 30.3 Å². The van der Waals surface area contributed by atoms with Crippen LogP contribution in [-0.2, 0) is 17.6 Å². The highest BCUT2D eigenvalue weighted by molar-refractivity contribution is 14.0. The molecule has 0 saturated carbocycles. The molecule has 2 aromatic rings. The Labute approximate surface area is 201 Å². The molecular weight excluding hydrogens is 507 g/mol. The largest absolute Gasteiger partial charge is 0.497 e. The summed E-state index contributed by atoms with van der Waals surface area (Å²) in [5, 5.41) is 6.64. The van der Waals surface area contributed by atoms with Crippen molar-refractivity contribution in [2.75, 3.05) is 40.8 Å². The zero-order chi connectivity index (χ0) is 21.3. The van der Waals surface area contributed by atoms with Gasteiger partial charge in [-0.25, -0.2) is 4.99 Å². The van der Waals surface area contributed by atoms with Crippen LogP contribution in [0.5, 0.6) is 11.5 Å². The number of aliphatic imine (C=N–C) groups is 1. The highest BCUT2D eigenvalue weighted by Crippen LogP contribution is 2.27. The Kier molecular flexibility index (Phi) is 9.90. The SMILES string of the molecule is COc1ccc(CCNC(=NCC(=O)N(C)C)NCC2Cc3ccccc3O2)cc1.I. The van der Waals surface area contributed by atoms with Gasteiger partial charge in [-0.3, -0.25) is 4.79 Å². The molecule has 8 heteroatoms. The Morgan fingerprint density at radius 2 is 1.90 bits per heavy atom. The van der Waals surface area contributed by atoms with Crippen molar-refractivity contribution in [2.45, 2.75) is 18.9 Å². The number of halogens is 1. The van der Waals surface area contributed by atoms with Crippen LogP contribution in [0.25, 0.3) is 0 Å². The fourth-order valence-corrected chi connectivity index (χ4v) is 3.16. The quantitative estimate of drug-likeness (QED) is 0.307. The molecule has 0 aromatic heterocycles. The normalized spacial score (nSPS) is 14.7. The van der Waals surface area contributed by atoms with Crippen molar-refractivity contribution in [2.24, 2.45) is 4.99 Å². The van der Waals surface area contributed by atoms with Crippen molar-refractivity contribution in [3.05, 3.63) is 59.7 Å². The molecule has 0 spiro atoms. The lowest BCUT2D eigenvalue weighted by Crippen LogP contribution is -2.43. The number of carbonyl (C=O) groups excluding carboxylic acids is 1. The second-order valence-corrected chi connectivity index (χ2v) is 7.41. The van der Waals surface area contributed by atoms with Crippen molar-refractivity contribution < 1.29 is 14.3 Å². The van der Waals surface area contributed by atoms with Gasteiger partial charge in [0.2, 0.25) is 5.91 Å². The number of rotatable bonds is 8. The van der Waals surface area contributed by atoms with Crippen molar-refractivity contribution in [1.82, 2.24) is 15.5 Å². The number of likely N-dealkylation sites (N-methyl/N-ethyl adjacent to an activating group) is 1. The maximum Gasteiger partial charge on any atom is 0.243 e. The summed E-state index contributed by atoms with van der Waals surface area (Å²) < 4.78 is 11.2. The molecule has 0 fully saturated rings. The number of benzene rings is 2. The third-order valence-electron chi connectivity index (χ3n) is 4.95. The minimum Gasteiger partial charge on any atom is -0.497 e. The summed E-state index contributed by atoms with van der Waals surface area (Å²) in [4.78, 5) is 17.9. The first kappa shape index (κ1) is 24.8. The van der Waals surface area contributed by atoms with Gasteiger partial charge in [-0.15, -0.1) is 24.0 Å². The number of amides is 1. The number of fused-ring (bicyclic) bond motifs is 1. The number of hydrogen-bond acceptors (Lipinski definition) is 4. The van der Waals surface area contributed by atoms with Crippen LogP contribution in [0, 0.1) is 0 Å². The van der Waals surface area contributed by atoms with E-state index < -0.39 is 0 Å². The molecule has 0 bridgehead atoms. The van der Waals surface area contributed by atoms with Crippen LogP contribution in [0.2, 0.25) is 0 Å². The van der Waals surface area contributed by atoms with Crippen LogP contribution in [0.1, 0.15) is 11.1 Å². The number of carbonyl (C=O) groups is 1. The summed E-state index contributed by atoms with van der Waals surface area (Å²) in [5.41, 5.74) is 2.42. The molecule has 1 amide bonds. The molecule has 31 heavy (non-hydrogen) atoms. The third-order valence-corrected chi connectivity index (χ3v) is 4.95. The van der Waals surface area contributed by atoms with Crippen molar-refractivity contribution >= 4 is 35.8 Å². The van der Waals surface area contributed by atoms with Gasteiger partial charge in [0.15, 0.2) is 5.96 Å². The average Bonchev–Trinajstić information content (AvgIpc) is 3.18. The Morgan fingerprint density at radius 3 is 2.58 bits per heavy atom. The van der Waals surface area contributed by atoms with Gasteiger partial charge in [-0.2, -0.15) is 0 Å². The molecular formula is C23H31IN4O3. The number of guanidine groups is 1. The Bertz CT molecular complexity index is 846. The molecule has 1 heterocycles. The molecule has 0 saturated heterocycles. The fraction of sp³-hybridized carbons (Fsp3) is 0.391. The zero-order valence-corrected chi connectivity index (χ0v) is 20.6. The molecule has 1 aliphatic rings. The van der Waals surface area contributed by atoms with Gasteiger partial charge in [-0.05, 0) is 35.7 Å². The molecule has 2 aromatic carbocycles. The van der Waals surface area contributed by atoms with Gasteiger partial charge in [0.1, 0.15) is 24.1 Å². The maximum absolute atomic E-state index is 11.9. The van der Waals surface area contributed by atoms with E-state index in [1.807, 2.05) is 42.5 Å². The van der Waals surface area contributed by atoms with Crippen LogP contribution in [0.3, 0.4) is 0 Å². The summed E-state index contributed by atoms with van der Waals surface area (Å²) in [6, 6.07) is 16.1. The molecule has 2 N–H and O–H groups in total. The van der Waals surface area contributed by atoms with Crippen molar-refractivity contribution in [3.63, 3.8) is 0 Å². The number of nitrogens with one attached hydrogen (secondary N) is 2.